The van der Waals surface area contributed by atoms with E-state index in [1.165, 1.54) is 19.3 Å². The summed E-state index contributed by atoms with van der Waals surface area (Å²) in [5.41, 5.74) is -3.16. The minimum absolute atomic E-state index is 0.0116. The van der Waals surface area contributed by atoms with Crippen molar-refractivity contribution in [2.75, 3.05) is 13.2 Å². The molecule has 2 saturated carbocycles. The molecular formula is C34H64N2O9. The van der Waals surface area contributed by atoms with Gasteiger partial charge < -0.3 is 35.1 Å². The summed E-state index contributed by atoms with van der Waals surface area (Å²) in [5, 5.41) is 22.6. The van der Waals surface area contributed by atoms with Crippen molar-refractivity contribution in [3.8, 4) is 0 Å². The number of esters is 1. The van der Waals surface area contributed by atoms with Crippen molar-refractivity contribution in [3.63, 3.8) is 0 Å². The zero-order valence-electron chi connectivity index (χ0n) is 29.8. The van der Waals surface area contributed by atoms with E-state index in [0.29, 0.717) is 26.1 Å². The summed E-state index contributed by atoms with van der Waals surface area (Å²) < 4.78 is 15.7. The summed E-state index contributed by atoms with van der Waals surface area (Å²) in [6.07, 6.45) is 10.4. The molecule has 0 aliphatic heterocycles. The highest BCUT2D eigenvalue weighted by molar-refractivity contribution is 5.90. The zero-order valence-corrected chi connectivity index (χ0v) is 29.8. The molecule has 11 nitrogen and oxygen atoms in total. The van der Waals surface area contributed by atoms with Crippen LogP contribution in [0.15, 0.2) is 0 Å². The maximum absolute atomic E-state index is 12.3. The first kappa shape index (κ1) is 42.4. The third-order valence-corrected chi connectivity index (χ3v) is 7.63. The van der Waals surface area contributed by atoms with Gasteiger partial charge in [0.05, 0.1) is 6.61 Å². The first-order chi connectivity index (χ1) is 20.9. The van der Waals surface area contributed by atoms with Crippen molar-refractivity contribution in [2.24, 2.45) is 11.8 Å². The largest absolute Gasteiger partial charge is 0.479 e. The number of carbonyl (C=O) groups excluding carboxylic acids is 3. The second kappa shape index (κ2) is 19.8. The van der Waals surface area contributed by atoms with Gasteiger partial charge in [0.2, 0.25) is 0 Å². The number of carboxylic acid groups (broad SMARTS) is 1. The van der Waals surface area contributed by atoms with Gasteiger partial charge in [0.1, 0.15) is 22.3 Å². The van der Waals surface area contributed by atoms with Crippen molar-refractivity contribution in [1.29, 1.82) is 0 Å². The number of amides is 2. The molecule has 2 aliphatic carbocycles. The van der Waals surface area contributed by atoms with Crippen molar-refractivity contribution < 1.29 is 43.6 Å². The Bertz CT molecular complexity index is 908. The van der Waals surface area contributed by atoms with Crippen LogP contribution in [0.3, 0.4) is 0 Å². The van der Waals surface area contributed by atoms with E-state index in [4.69, 9.17) is 24.4 Å². The van der Waals surface area contributed by atoms with Gasteiger partial charge in [0.15, 0.2) is 0 Å². The number of rotatable bonds is 15. The van der Waals surface area contributed by atoms with E-state index in [2.05, 4.69) is 24.5 Å². The molecule has 0 aromatic carbocycles. The predicted molar refractivity (Wildman–Crippen MR) is 175 cm³/mol. The number of aliphatic carboxylic acids is 1. The van der Waals surface area contributed by atoms with E-state index >= 15 is 0 Å². The number of carbonyl (C=O) groups is 4. The maximum atomic E-state index is 12.3. The van der Waals surface area contributed by atoms with Gasteiger partial charge in [0.25, 0.3) is 0 Å². The maximum Gasteiger partial charge on any atom is 0.408 e. The highest BCUT2D eigenvalue weighted by atomic mass is 16.6. The van der Waals surface area contributed by atoms with Gasteiger partial charge >= 0.3 is 24.1 Å². The van der Waals surface area contributed by atoms with Crippen LogP contribution in [0.4, 0.5) is 9.59 Å². The Morgan fingerprint density at radius 2 is 1.11 bits per heavy atom. The molecule has 4 N–H and O–H groups in total. The molecule has 0 saturated heterocycles. The average Bonchev–Trinajstić information content (AvgIpc) is 3.82. The summed E-state index contributed by atoms with van der Waals surface area (Å²) >= 11 is 0. The van der Waals surface area contributed by atoms with Crippen LogP contribution in [0.2, 0.25) is 0 Å². The van der Waals surface area contributed by atoms with E-state index < -0.39 is 40.4 Å². The minimum atomic E-state index is -1.10. The molecule has 45 heavy (non-hydrogen) atoms. The first-order valence-corrected chi connectivity index (χ1v) is 16.9. The topological polar surface area (TPSA) is 160 Å². The Morgan fingerprint density at radius 1 is 0.689 bits per heavy atom. The molecule has 11 heteroatoms. The third kappa shape index (κ3) is 16.5. The standard InChI is InChI=1S/C17H31NO4.C11H19NO4.C6H14O/c1-6-8-9-10-11-21-14(19)17(12-13(17)7-2)18-15(20)22-16(3,4)5;1-5-7-6-11(7,8(13)14)12-9(15)16-10(2,3)4;1-2-3-4-5-6-7/h13H,6-12H2,1-5H3,(H,18,20);7H,5-6H2,1-4H3,(H,12,15)(H,13,14);7H,2-6H2,1H3/t13-,17-;7-,11-;/m11./s1. The van der Waals surface area contributed by atoms with Crippen LogP contribution in [0.25, 0.3) is 0 Å². The van der Waals surface area contributed by atoms with E-state index in [-0.39, 0.29) is 17.8 Å². The number of ether oxygens (including phenoxy) is 3. The summed E-state index contributed by atoms with van der Waals surface area (Å²) in [5.74, 6) is -1.15. The van der Waals surface area contributed by atoms with E-state index in [9.17, 15) is 19.2 Å². The lowest BCUT2D eigenvalue weighted by Gasteiger charge is -2.23. The van der Waals surface area contributed by atoms with Crippen molar-refractivity contribution in [1.82, 2.24) is 10.6 Å². The number of carboxylic acids is 1. The average molecular weight is 645 g/mol. The van der Waals surface area contributed by atoms with Gasteiger partial charge in [-0.25, -0.2) is 19.2 Å². The van der Waals surface area contributed by atoms with Gasteiger partial charge in [-0.1, -0.05) is 79.1 Å². The minimum Gasteiger partial charge on any atom is -0.479 e. The fourth-order valence-electron chi connectivity index (χ4n) is 4.90. The normalized spacial score (nSPS) is 23.2. The fraction of sp³-hybridized carbons (Fsp3) is 0.882. The molecule has 0 unspecified atom stereocenters. The molecule has 2 aliphatic rings. The lowest BCUT2D eigenvalue weighted by molar-refractivity contribution is -0.148. The van der Waals surface area contributed by atoms with Crippen LogP contribution >= 0.6 is 0 Å². The Balaban J connectivity index is 0.000000733. The summed E-state index contributed by atoms with van der Waals surface area (Å²) in [6, 6.07) is 0. The number of aliphatic hydroxyl groups excluding tert-OH is 1. The molecule has 2 rings (SSSR count). The van der Waals surface area contributed by atoms with Gasteiger partial charge in [-0.3, -0.25) is 0 Å². The number of alkyl carbamates (subject to hydrolysis) is 2. The van der Waals surface area contributed by atoms with E-state index in [1.807, 2.05) is 13.8 Å². The number of hydrogen-bond acceptors (Lipinski definition) is 8. The predicted octanol–water partition coefficient (Wildman–Crippen LogP) is 7.13. The lowest BCUT2D eigenvalue weighted by Crippen LogP contribution is -2.47. The van der Waals surface area contributed by atoms with Crippen molar-refractivity contribution in [3.05, 3.63) is 0 Å². The molecule has 0 aromatic rings. The Hall–Kier alpha value is -2.56. The van der Waals surface area contributed by atoms with Crippen LogP contribution in [0.5, 0.6) is 0 Å². The van der Waals surface area contributed by atoms with Gasteiger partial charge in [0, 0.05) is 6.61 Å². The monoisotopic (exact) mass is 644 g/mol. The molecule has 2 amide bonds. The van der Waals surface area contributed by atoms with Crippen LogP contribution in [-0.4, -0.2) is 69.8 Å². The molecule has 4 atom stereocenters. The van der Waals surface area contributed by atoms with Crippen LogP contribution in [-0.2, 0) is 23.8 Å². The van der Waals surface area contributed by atoms with Crippen LogP contribution < -0.4 is 10.6 Å². The highest BCUT2D eigenvalue weighted by Crippen LogP contribution is 2.47. The van der Waals surface area contributed by atoms with E-state index in [0.717, 1.165) is 44.9 Å². The van der Waals surface area contributed by atoms with Crippen molar-refractivity contribution in [2.45, 2.75) is 169 Å². The smallest absolute Gasteiger partial charge is 0.408 e. The number of aliphatic hydroxyl groups is 1. The number of nitrogens with one attached hydrogen (secondary N) is 2. The molecular weight excluding hydrogens is 580 g/mol. The van der Waals surface area contributed by atoms with Gasteiger partial charge in [-0.05, 0) is 79.1 Å². The third-order valence-electron chi connectivity index (χ3n) is 7.63. The summed E-state index contributed by atoms with van der Waals surface area (Å²) in [6.45, 7) is 19.6. The SMILES string of the molecule is CCCCCCO.CCCCCCOC(=O)[C@@]1(NC(=O)OC(C)(C)C)C[C@H]1CC.CC[C@@H]1C[C@]1(NC(=O)OC(C)(C)C)C(=O)O. The Labute approximate surface area is 271 Å². The zero-order chi connectivity index (χ0) is 34.9. The molecule has 2 fully saturated rings. The summed E-state index contributed by atoms with van der Waals surface area (Å²) in [7, 11) is 0. The Kier molecular flexibility index (Phi) is 18.7. The second-order valence-electron chi connectivity index (χ2n) is 14.1. The van der Waals surface area contributed by atoms with Gasteiger partial charge in [-0.2, -0.15) is 0 Å². The summed E-state index contributed by atoms with van der Waals surface area (Å²) in [4.78, 5) is 46.9. The Morgan fingerprint density at radius 3 is 1.47 bits per heavy atom. The molecule has 0 spiro atoms. The van der Waals surface area contributed by atoms with E-state index in [1.54, 1.807) is 41.5 Å². The molecule has 0 bridgehead atoms. The molecule has 264 valence electrons. The van der Waals surface area contributed by atoms with Crippen LogP contribution in [0, 0.1) is 11.8 Å². The quantitative estimate of drug-likeness (QED) is 0.0826. The van der Waals surface area contributed by atoms with Gasteiger partial charge in [-0.15, -0.1) is 0 Å². The molecule has 0 aromatic heterocycles. The number of unbranched alkanes of at least 4 members (excludes halogenated alkanes) is 6. The first-order valence-electron chi connectivity index (χ1n) is 16.9. The molecule has 0 radical (unpaired) electrons. The molecule has 0 heterocycles. The second-order valence-corrected chi connectivity index (χ2v) is 14.1. The lowest BCUT2D eigenvalue weighted by atomic mass is 10.1. The van der Waals surface area contributed by atoms with Crippen LogP contribution in [0.1, 0.15) is 146 Å². The fourth-order valence-corrected chi connectivity index (χ4v) is 4.90. The highest BCUT2D eigenvalue weighted by Gasteiger charge is 2.62. The number of hydrogen-bond donors (Lipinski definition) is 4. The van der Waals surface area contributed by atoms with Crippen molar-refractivity contribution >= 4 is 24.1 Å².